The van der Waals surface area contributed by atoms with E-state index < -0.39 is 0 Å². The number of pyridine rings is 1. The van der Waals surface area contributed by atoms with Gasteiger partial charge >= 0.3 is 0 Å². The Morgan fingerprint density at radius 2 is 2.12 bits per heavy atom. The first-order chi connectivity index (χ1) is 8.15. The lowest BCUT2D eigenvalue weighted by Crippen LogP contribution is -2.17. The van der Waals surface area contributed by atoms with Crippen LogP contribution < -0.4 is 5.73 Å². The molecule has 88 valence electrons. The van der Waals surface area contributed by atoms with E-state index in [0.717, 1.165) is 11.2 Å². The fourth-order valence-electron chi connectivity index (χ4n) is 2.66. The Bertz CT molecular complexity index is 560. The molecule has 1 aromatic carbocycles. The molecule has 1 aromatic heterocycles. The van der Waals surface area contributed by atoms with Crippen molar-refractivity contribution in [3.8, 4) is 0 Å². The molecule has 0 amide bonds. The zero-order valence-corrected chi connectivity index (χ0v) is 10.4. The molecule has 2 heteroatoms. The molecule has 1 fully saturated rings. The van der Waals surface area contributed by atoms with Gasteiger partial charge in [-0.25, -0.2) is 0 Å². The van der Waals surface area contributed by atoms with Crippen LogP contribution >= 0.6 is 0 Å². The number of nitrogens with zero attached hydrogens (tertiary/aromatic N) is 1. The Morgan fingerprint density at radius 3 is 2.82 bits per heavy atom. The first kappa shape index (κ1) is 10.7. The van der Waals surface area contributed by atoms with Crippen molar-refractivity contribution in [3.63, 3.8) is 0 Å². The lowest BCUT2D eigenvalue weighted by atomic mass is 10.0. The second-order valence-corrected chi connectivity index (χ2v) is 5.27. The van der Waals surface area contributed by atoms with Gasteiger partial charge in [0.05, 0.1) is 5.52 Å². The van der Waals surface area contributed by atoms with E-state index in [-0.39, 0.29) is 0 Å². The summed E-state index contributed by atoms with van der Waals surface area (Å²) in [6.07, 6.45) is 1.24. The van der Waals surface area contributed by atoms with Crippen LogP contribution in [0.3, 0.4) is 0 Å². The Balaban J connectivity index is 1.95. The molecule has 0 radical (unpaired) electrons. The average Bonchev–Trinajstić information content (AvgIpc) is 3.08. The normalized spacial score (nSPS) is 24.9. The predicted molar refractivity (Wildman–Crippen MR) is 71.0 cm³/mol. The van der Waals surface area contributed by atoms with Crippen LogP contribution in [0.1, 0.15) is 30.5 Å². The number of fused-ring (bicyclic) bond motifs is 1. The maximum Gasteiger partial charge on any atom is 0.0705 e. The summed E-state index contributed by atoms with van der Waals surface area (Å²) in [4.78, 5) is 4.53. The van der Waals surface area contributed by atoms with Crippen molar-refractivity contribution >= 4 is 10.9 Å². The Hall–Kier alpha value is -1.41. The van der Waals surface area contributed by atoms with Crippen LogP contribution in [-0.2, 0) is 0 Å². The van der Waals surface area contributed by atoms with Crippen molar-refractivity contribution in [3.05, 3.63) is 41.6 Å². The van der Waals surface area contributed by atoms with Crippen LogP contribution in [0.5, 0.6) is 0 Å². The number of hydrogen-bond acceptors (Lipinski definition) is 2. The summed E-state index contributed by atoms with van der Waals surface area (Å²) < 4.78 is 0. The van der Waals surface area contributed by atoms with Crippen LogP contribution in [0, 0.1) is 12.8 Å². The molecule has 0 aliphatic heterocycles. The molecular weight excluding hydrogens is 208 g/mol. The number of hydrogen-bond donors (Lipinski definition) is 1. The van der Waals surface area contributed by atoms with E-state index in [1.807, 2.05) is 6.92 Å². The lowest BCUT2D eigenvalue weighted by Gasteiger charge is -2.05. The van der Waals surface area contributed by atoms with Gasteiger partial charge in [-0.2, -0.15) is 0 Å². The third-order valence-electron chi connectivity index (χ3n) is 3.80. The molecule has 1 aliphatic carbocycles. The molecule has 0 bridgehead atoms. The highest BCUT2D eigenvalue weighted by molar-refractivity contribution is 5.79. The van der Waals surface area contributed by atoms with Gasteiger partial charge in [0, 0.05) is 17.1 Å². The molecule has 2 nitrogen and oxygen atoms in total. The van der Waals surface area contributed by atoms with E-state index in [4.69, 9.17) is 5.73 Å². The fraction of sp³-hybridized carbons (Fsp3) is 0.400. The summed E-state index contributed by atoms with van der Waals surface area (Å²) in [7, 11) is 0. The van der Waals surface area contributed by atoms with Crippen LogP contribution in [0.4, 0.5) is 0 Å². The molecule has 2 N–H and O–H groups in total. The molecule has 3 atom stereocenters. The van der Waals surface area contributed by atoms with Gasteiger partial charge < -0.3 is 5.73 Å². The Kier molecular flexibility index (Phi) is 2.40. The van der Waals surface area contributed by atoms with Gasteiger partial charge in [-0.3, -0.25) is 4.98 Å². The van der Waals surface area contributed by atoms with Gasteiger partial charge in [0.15, 0.2) is 0 Å². The molecule has 0 spiro atoms. The van der Waals surface area contributed by atoms with Crippen LogP contribution in [0.2, 0.25) is 0 Å². The van der Waals surface area contributed by atoms with Crippen molar-refractivity contribution in [2.75, 3.05) is 0 Å². The van der Waals surface area contributed by atoms with Gasteiger partial charge in [0.2, 0.25) is 0 Å². The van der Waals surface area contributed by atoms with Crippen molar-refractivity contribution in [1.82, 2.24) is 4.98 Å². The maximum atomic E-state index is 5.95. The predicted octanol–water partition coefficient (Wildman–Crippen LogP) is 2.99. The fourth-order valence-corrected chi connectivity index (χ4v) is 2.66. The molecule has 1 saturated carbocycles. The van der Waals surface area contributed by atoms with E-state index in [1.54, 1.807) is 0 Å². The third-order valence-corrected chi connectivity index (χ3v) is 3.80. The van der Waals surface area contributed by atoms with Gasteiger partial charge in [0.25, 0.3) is 0 Å². The van der Waals surface area contributed by atoms with E-state index >= 15 is 0 Å². The largest absolute Gasteiger partial charge is 0.328 e. The first-order valence-electron chi connectivity index (χ1n) is 6.28. The second kappa shape index (κ2) is 3.81. The van der Waals surface area contributed by atoms with E-state index in [0.29, 0.717) is 17.9 Å². The highest BCUT2D eigenvalue weighted by atomic mass is 14.7. The van der Waals surface area contributed by atoms with Crippen molar-refractivity contribution in [2.24, 2.45) is 11.7 Å². The van der Waals surface area contributed by atoms with E-state index in [2.05, 4.69) is 42.2 Å². The van der Waals surface area contributed by atoms with Crippen molar-refractivity contribution in [2.45, 2.75) is 32.2 Å². The molecule has 3 unspecified atom stereocenters. The average molecular weight is 226 g/mol. The molecule has 0 saturated heterocycles. The summed E-state index contributed by atoms with van der Waals surface area (Å²) in [6, 6.07) is 11.2. The van der Waals surface area contributed by atoms with Gasteiger partial charge in [-0.15, -0.1) is 0 Å². The molecule has 3 rings (SSSR count). The number of rotatable bonds is 2. The van der Waals surface area contributed by atoms with Crippen LogP contribution in [-0.4, -0.2) is 11.0 Å². The molecule has 2 aromatic rings. The van der Waals surface area contributed by atoms with E-state index in [1.165, 1.54) is 17.4 Å². The number of nitrogens with two attached hydrogens (primary N) is 1. The lowest BCUT2D eigenvalue weighted by molar-refractivity contribution is 0.632. The third kappa shape index (κ3) is 1.93. The number of benzene rings is 1. The van der Waals surface area contributed by atoms with Crippen molar-refractivity contribution < 1.29 is 0 Å². The van der Waals surface area contributed by atoms with Gasteiger partial charge in [0.1, 0.15) is 0 Å². The molecular formula is C15H18N2. The molecule has 1 heterocycles. The second-order valence-electron chi connectivity index (χ2n) is 5.27. The topological polar surface area (TPSA) is 38.9 Å². The minimum atomic E-state index is 0.312. The first-order valence-corrected chi connectivity index (χ1v) is 6.28. The summed E-state index contributed by atoms with van der Waals surface area (Å²) in [5, 5.41) is 1.24. The highest BCUT2D eigenvalue weighted by Crippen LogP contribution is 2.49. The summed E-state index contributed by atoms with van der Waals surface area (Å²) in [5.74, 6) is 1.34. The number of aromatic nitrogens is 1. The zero-order valence-electron chi connectivity index (χ0n) is 10.4. The van der Waals surface area contributed by atoms with E-state index in [9.17, 15) is 0 Å². The van der Waals surface area contributed by atoms with Gasteiger partial charge in [-0.05, 0) is 55.9 Å². The zero-order chi connectivity index (χ0) is 12.0. The van der Waals surface area contributed by atoms with Crippen molar-refractivity contribution in [1.29, 1.82) is 0 Å². The SMILES string of the molecule is Cc1ccc2cc(C3CC3C(C)N)ccc2n1. The Labute approximate surface area is 102 Å². The maximum absolute atomic E-state index is 5.95. The Morgan fingerprint density at radius 1 is 1.29 bits per heavy atom. The smallest absolute Gasteiger partial charge is 0.0705 e. The number of aryl methyl sites for hydroxylation is 1. The molecule has 1 aliphatic rings. The molecule has 17 heavy (non-hydrogen) atoms. The van der Waals surface area contributed by atoms with Crippen LogP contribution in [0.25, 0.3) is 10.9 Å². The standard InChI is InChI=1S/C15H18N2/c1-9-3-4-12-7-11(5-6-15(12)17-9)14-8-13(14)10(2)16/h3-7,10,13-14H,8,16H2,1-2H3. The quantitative estimate of drug-likeness (QED) is 0.855. The minimum absolute atomic E-state index is 0.312. The minimum Gasteiger partial charge on any atom is -0.328 e. The summed E-state index contributed by atoms with van der Waals surface area (Å²) in [6.45, 7) is 4.14. The van der Waals surface area contributed by atoms with Gasteiger partial charge in [-0.1, -0.05) is 12.1 Å². The highest BCUT2D eigenvalue weighted by Gasteiger charge is 2.40. The summed E-state index contributed by atoms with van der Waals surface area (Å²) in [5.41, 5.74) is 9.53. The summed E-state index contributed by atoms with van der Waals surface area (Å²) >= 11 is 0. The van der Waals surface area contributed by atoms with Crippen LogP contribution in [0.15, 0.2) is 30.3 Å². The monoisotopic (exact) mass is 226 g/mol.